The van der Waals surface area contributed by atoms with Gasteiger partial charge in [0.2, 0.25) is 0 Å². The molecule has 0 aromatic heterocycles. The number of benzene rings is 1. The molecule has 6 heteroatoms. The maximum Gasteiger partial charge on any atom is 0.256 e. The first-order valence-corrected chi connectivity index (χ1v) is 10.6. The van der Waals surface area contributed by atoms with E-state index in [0.717, 1.165) is 28.6 Å². The van der Waals surface area contributed by atoms with E-state index in [1.165, 1.54) is 5.75 Å². The maximum absolute atomic E-state index is 12.6. The van der Waals surface area contributed by atoms with Crippen LogP contribution in [0.25, 0.3) is 0 Å². The first-order valence-electron chi connectivity index (χ1n) is 7.10. The zero-order chi connectivity index (χ0) is 14.7. The number of rotatable bonds is 0. The monoisotopic (exact) mass is 341 g/mol. The molecule has 0 aliphatic carbocycles. The van der Waals surface area contributed by atoms with Gasteiger partial charge in [-0.3, -0.25) is 4.79 Å². The molecule has 1 saturated heterocycles. The van der Waals surface area contributed by atoms with Crippen LogP contribution in [-0.4, -0.2) is 57.0 Å². The summed E-state index contributed by atoms with van der Waals surface area (Å²) in [6.07, 6.45) is 0. The van der Waals surface area contributed by atoms with Crippen LogP contribution in [0.2, 0.25) is 0 Å². The number of carbonyl (C=O) groups is 1. The minimum absolute atomic E-state index is 0.0271. The zero-order valence-electron chi connectivity index (χ0n) is 11.8. The third kappa shape index (κ3) is 3.09. The Labute approximate surface area is 138 Å². The molecule has 0 saturated carbocycles. The Bertz CT molecular complexity index is 525. The maximum atomic E-state index is 12.6. The minimum atomic E-state index is -1.14. The van der Waals surface area contributed by atoms with Crippen LogP contribution in [0.15, 0.2) is 24.3 Å². The number of aliphatic hydroxyl groups is 1. The fraction of sp³-hybridized carbons (Fsp3) is 0.533. The average molecular weight is 342 g/mol. The third-order valence-electron chi connectivity index (χ3n) is 3.79. The number of fused-ring (bicyclic) bond motifs is 3. The standard InChI is InChI=1S/C15H19NO2S3/c17-14-12-3-1-2-4-13(12)15(18)11-21-10-9-20-8-7-19-6-5-16(14)15/h1-4,18H,5-11H2. The lowest BCUT2D eigenvalue weighted by molar-refractivity contribution is -0.0613. The molecular weight excluding hydrogens is 322 g/mol. The van der Waals surface area contributed by atoms with Crippen molar-refractivity contribution in [3.8, 4) is 0 Å². The van der Waals surface area contributed by atoms with Gasteiger partial charge in [-0.15, -0.1) is 0 Å². The van der Waals surface area contributed by atoms with Crippen LogP contribution >= 0.6 is 35.3 Å². The lowest BCUT2D eigenvalue weighted by Gasteiger charge is -2.34. The molecule has 114 valence electrons. The fourth-order valence-corrected chi connectivity index (χ4v) is 6.08. The number of nitrogens with zero attached hydrogens (tertiary/aromatic N) is 1. The topological polar surface area (TPSA) is 40.5 Å². The first kappa shape index (κ1) is 15.6. The lowest BCUT2D eigenvalue weighted by atomic mass is 10.0. The summed E-state index contributed by atoms with van der Waals surface area (Å²) in [5.41, 5.74) is 0.301. The van der Waals surface area contributed by atoms with Crippen molar-refractivity contribution < 1.29 is 9.90 Å². The smallest absolute Gasteiger partial charge is 0.256 e. The third-order valence-corrected chi connectivity index (χ3v) is 7.35. The Kier molecular flexibility index (Phi) is 5.09. The zero-order valence-corrected chi connectivity index (χ0v) is 14.2. The predicted octanol–water partition coefficient (Wildman–Crippen LogP) is 2.50. The predicted molar refractivity (Wildman–Crippen MR) is 93.4 cm³/mol. The molecule has 1 unspecified atom stereocenters. The molecule has 3 nitrogen and oxygen atoms in total. The summed E-state index contributed by atoms with van der Waals surface area (Å²) < 4.78 is 0. The van der Waals surface area contributed by atoms with Crippen molar-refractivity contribution in [1.82, 2.24) is 4.90 Å². The second kappa shape index (κ2) is 6.86. The fourth-order valence-electron chi connectivity index (χ4n) is 2.73. The molecule has 2 heterocycles. The molecule has 1 aromatic rings. The minimum Gasteiger partial charge on any atom is -0.366 e. The molecule has 1 aromatic carbocycles. The molecule has 0 spiro atoms. The van der Waals surface area contributed by atoms with Crippen LogP contribution < -0.4 is 0 Å². The highest BCUT2D eigenvalue weighted by atomic mass is 32.2. The Morgan fingerprint density at radius 3 is 2.48 bits per heavy atom. The molecule has 1 N–H and O–H groups in total. The lowest BCUT2D eigenvalue weighted by Crippen LogP contribution is -2.47. The van der Waals surface area contributed by atoms with Crippen LogP contribution in [0, 0.1) is 0 Å². The normalized spacial score (nSPS) is 27.5. The second-order valence-corrected chi connectivity index (χ2v) is 8.65. The van der Waals surface area contributed by atoms with Crippen LogP contribution in [0.3, 0.4) is 0 Å². The van der Waals surface area contributed by atoms with Crippen molar-refractivity contribution in [2.24, 2.45) is 0 Å². The SMILES string of the molecule is O=C1c2ccccc2C2(O)CSCCSCCSCCN12. The van der Waals surface area contributed by atoms with Crippen molar-refractivity contribution in [3.63, 3.8) is 0 Å². The molecule has 21 heavy (non-hydrogen) atoms. The summed E-state index contributed by atoms with van der Waals surface area (Å²) in [6, 6.07) is 7.49. The second-order valence-electron chi connectivity index (χ2n) is 5.10. The molecule has 2 aliphatic rings. The van der Waals surface area contributed by atoms with Crippen molar-refractivity contribution in [3.05, 3.63) is 35.4 Å². The van der Waals surface area contributed by atoms with Gasteiger partial charge in [0.05, 0.1) is 0 Å². The van der Waals surface area contributed by atoms with Gasteiger partial charge in [0, 0.05) is 52.2 Å². The molecule has 1 atom stereocenters. The molecule has 1 fully saturated rings. The Morgan fingerprint density at radius 1 is 1.00 bits per heavy atom. The molecule has 2 aliphatic heterocycles. The Morgan fingerprint density at radius 2 is 1.67 bits per heavy atom. The first-order chi connectivity index (χ1) is 10.2. The van der Waals surface area contributed by atoms with E-state index in [1.54, 1.807) is 16.7 Å². The van der Waals surface area contributed by atoms with Crippen LogP contribution in [0.5, 0.6) is 0 Å². The molecular formula is C15H19NO2S3. The van der Waals surface area contributed by atoms with Gasteiger partial charge in [-0.25, -0.2) is 0 Å². The quantitative estimate of drug-likeness (QED) is 0.785. The number of hydrogen-bond acceptors (Lipinski definition) is 5. The number of carbonyl (C=O) groups excluding carboxylic acids is 1. The van der Waals surface area contributed by atoms with Crippen LogP contribution in [0.1, 0.15) is 15.9 Å². The van der Waals surface area contributed by atoms with Crippen molar-refractivity contribution in [1.29, 1.82) is 0 Å². The highest BCUT2D eigenvalue weighted by Gasteiger charge is 2.47. The van der Waals surface area contributed by atoms with E-state index in [2.05, 4.69) is 0 Å². The van der Waals surface area contributed by atoms with Gasteiger partial charge in [0.25, 0.3) is 5.91 Å². The number of amides is 1. The molecule has 1 amide bonds. The molecule has 0 radical (unpaired) electrons. The van der Waals surface area contributed by atoms with Gasteiger partial charge >= 0.3 is 0 Å². The van der Waals surface area contributed by atoms with E-state index in [4.69, 9.17) is 0 Å². The molecule has 3 rings (SSSR count). The van der Waals surface area contributed by atoms with E-state index in [0.29, 0.717) is 17.9 Å². The van der Waals surface area contributed by atoms with Gasteiger partial charge in [-0.05, 0) is 6.07 Å². The summed E-state index contributed by atoms with van der Waals surface area (Å²) in [6.45, 7) is 0.611. The average Bonchev–Trinajstić information content (AvgIpc) is 2.70. The Balaban J connectivity index is 1.88. The summed E-state index contributed by atoms with van der Waals surface area (Å²) in [7, 11) is 0. The van der Waals surface area contributed by atoms with Gasteiger partial charge in [0.1, 0.15) is 0 Å². The van der Waals surface area contributed by atoms with E-state index in [9.17, 15) is 9.90 Å². The molecule has 0 bridgehead atoms. The van der Waals surface area contributed by atoms with Crippen LogP contribution in [-0.2, 0) is 5.72 Å². The van der Waals surface area contributed by atoms with E-state index in [1.807, 2.05) is 47.8 Å². The van der Waals surface area contributed by atoms with Crippen molar-refractivity contribution in [2.75, 3.05) is 41.1 Å². The van der Waals surface area contributed by atoms with Gasteiger partial charge < -0.3 is 10.0 Å². The summed E-state index contributed by atoms with van der Waals surface area (Å²) in [5, 5.41) is 11.2. The largest absolute Gasteiger partial charge is 0.366 e. The van der Waals surface area contributed by atoms with Gasteiger partial charge in [0.15, 0.2) is 5.72 Å². The highest BCUT2D eigenvalue weighted by Crippen LogP contribution is 2.39. The van der Waals surface area contributed by atoms with E-state index in [-0.39, 0.29) is 5.91 Å². The summed E-state index contributed by atoms with van der Waals surface area (Å²) in [5.74, 6) is 5.82. The van der Waals surface area contributed by atoms with E-state index < -0.39 is 5.72 Å². The highest BCUT2D eigenvalue weighted by molar-refractivity contribution is 8.04. The Hall–Kier alpha value is -0.300. The summed E-state index contributed by atoms with van der Waals surface area (Å²) >= 11 is 5.57. The number of thioether (sulfide) groups is 3. The number of hydrogen-bond donors (Lipinski definition) is 1. The summed E-state index contributed by atoms with van der Waals surface area (Å²) in [4.78, 5) is 14.3. The van der Waals surface area contributed by atoms with Crippen molar-refractivity contribution in [2.45, 2.75) is 5.72 Å². The van der Waals surface area contributed by atoms with Crippen LogP contribution in [0.4, 0.5) is 0 Å². The van der Waals surface area contributed by atoms with E-state index >= 15 is 0 Å². The van der Waals surface area contributed by atoms with Gasteiger partial charge in [-0.2, -0.15) is 35.3 Å². The van der Waals surface area contributed by atoms with Gasteiger partial charge in [-0.1, -0.05) is 18.2 Å². The van der Waals surface area contributed by atoms with Crippen molar-refractivity contribution >= 4 is 41.2 Å².